The smallest absolute Gasteiger partial charge is 0.326 e. The van der Waals surface area contributed by atoms with Crippen LogP contribution in [-0.2, 0) is 21.3 Å². The van der Waals surface area contributed by atoms with Crippen molar-refractivity contribution in [3.8, 4) is 0 Å². The molecule has 0 unspecified atom stereocenters. The predicted octanol–water partition coefficient (Wildman–Crippen LogP) is 1.67. The third kappa shape index (κ3) is 5.13. The number of carboxylic acid groups (broad SMARTS) is 1. The molecule has 2 aromatic carbocycles. The summed E-state index contributed by atoms with van der Waals surface area (Å²) in [7, 11) is -4.45. The number of carbonyl (C=O) groups is 2. The van der Waals surface area contributed by atoms with Gasteiger partial charge in [0.05, 0.1) is 4.90 Å². The van der Waals surface area contributed by atoms with Crippen LogP contribution >= 0.6 is 0 Å². The number of carboxylic acids is 1. The number of hydrogen-bond donors (Lipinski definition) is 3. The molecule has 0 radical (unpaired) electrons. The Hall–Kier alpha value is -2.71. The molecule has 0 saturated carbocycles. The second-order valence-electron chi connectivity index (χ2n) is 5.56. The molecule has 0 fully saturated rings. The number of aryl methyl sites for hydroxylation is 1. The van der Waals surface area contributed by atoms with Crippen molar-refractivity contribution in [3.63, 3.8) is 0 Å². The van der Waals surface area contributed by atoms with Crippen LogP contribution in [0.2, 0.25) is 0 Å². The molecule has 25 heavy (non-hydrogen) atoms. The van der Waals surface area contributed by atoms with Crippen LogP contribution in [-0.4, -0.2) is 36.0 Å². The number of aliphatic carboxylic acids is 1. The lowest BCUT2D eigenvalue weighted by Crippen LogP contribution is -2.42. The largest absolute Gasteiger partial charge is 0.480 e. The van der Waals surface area contributed by atoms with Crippen LogP contribution in [0.1, 0.15) is 21.5 Å². The Morgan fingerprint density at radius 3 is 2.40 bits per heavy atom. The molecule has 0 aliphatic carbocycles. The van der Waals surface area contributed by atoms with Crippen LogP contribution in [0.4, 0.5) is 0 Å². The molecule has 0 aromatic heterocycles. The Morgan fingerprint density at radius 2 is 1.80 bits per heavy atom. The summed E-state index contributed by atoms with van der Waals surface area (Å²) in [4.78, 5) is 23.2. The van der Waals surface area contributed by atoms with Gasteiger partial charge in [-0.15, -0.1) is 0 Å². The van der Waals surface area contributed by atoms with Crippen molar-refractivity contribution in [1.29, 1.82) is 0 Å². The zero-order valence-corrected chi connectivity index (χ0v) is 14.2. The van der Waals surface area contributed by atoms with Gasteiger partial charge in [-0.05, 0) is 30.7 Å². The van der Waals surface area contributed by atoms with E-state index < -0.39 is 32.9 Å². The number of benzene rings is 2. The molecule has 0 aliphatic heterocycles. The summed E-state index contributed by atoms with van der Waals surface area (Å²) in [6, 6.07) is 10.8. The standard InChI is InChI=1S/C17H17NO6S/c1-11-4-2-5-12(8-11)9-15(17(20)21)18-16(19)13-6-3-7-14(10-13)25(22,23)24/h2-8,10,15H,9H2,1H3,(H,18,19)(H,20,21)(H,22,23,24)/t15-/m0/s1. The fourth-order valence-electron chi connectivity index (χ4n) is 2.31. The summed E-state index contributed by atoms with van der Waals surface area (Å²) in [5.74, 6) is -1.95. The maximum atomic E-state index is 12.2. The summed E-state index contributed by atoms with van der Waals surface area (Å²) in [6.45, 7) is 1.87. The van der Waals surface area contributed by atoms with E-state index in [0.29, 0.717) is 0 Å². The number of nitrogens with one attached hydrogen (secondary N) is 1. The molecule has 1 atom stereocenters. The average Bonchev–Trinajstić information content (AvgIpc) is 2.53. The van der Waals surface area contributed by atoms with E-state index in [1.807, 2.05) is 19.1 Å². The summed E-state index contributed by atoms with van der Waals surface area (Å²) in [6.07, 6.45) is 0.0841. The van der Waals surface area contributed by atoms with Gasteiger partial charge >= 0.3 is 5.97 Å². The van der Waals surface area contributed by atoms with Gasteiger partial charge in [-0.2, -0.15) is 8.42 Å². The Labute approximate surface area is 145 Å². The second-order valence-corrected chi connectivity index (χ2v) is 6.98. The summed E-state index contributed by atoms with van der Waals surface area (Å²) in [5, 5.41) is 11.7. The van der Waals surface area contributed by atoms with Crippen molar-refractivity contribution in [1.82, 2.24) is 5.32 Å². The van der Waals surface area contributed by atoms with Gasteiger partial charge in [0.15, 0.2) is 0 Å². The van der Waals surface area contributed by atoms with Crippen LogP contribution in [0, 0.1) is 6.92 Å². The molecule has 0 aliphatic rings. The molecule has 2 aromatic rings. The lowest BCUT2D eigenvalue weighted by atomic mass is 10.0. The highest BCUT2D eigenvalue weighted by atomic mass is 32.2. The predicted molar refractivity (Wildman–Crippen MR) is 90.0 cm³/mol. The molecule has 3 N–H and O–H groups in total. The highest BCUT2D eigenvalue weighted by Crippen LogP contribution is 2.12. The molecule has 132 valence electrons. The first kappa shape index (κ1) is 18.6. The van der Waals surface area contributed by atoms with Crippen LogP contribution in [0.5, 0.6) is 0 Å². The number of rotatable bonds is 6. The van der Waals surface area contributed by atoms with E-state index in [9.17, 15) is 23.1 Å². The van der Waals surface area contributed by atoms with E-state index >= 15 is 0 Å². The molecule has 0 saturated heterocycles. The van der Waals surface area contributed by atoms with Gasteiger partial charge in [0, 0.05) is 12.0 Å². The lowest BCUT2D eigenvalue weighted by Gasteiger charge is -2.15. The third-order valence-corrected chi connectivity index (χ3v) is 4.37. The molecule has 7 nitrogen and oxygen atoms in total. The van der Waals surface area contributed by atoms with Gasteiger partial charge < -0.3 is 10.4 Å². The minimum absolute atomic E-state index is 0.0642. The molecule has 0 spiro atoms. The first-order chi connectivity index (χ1) is 11.7. The molecular formula is C17H17NO6S. The Morgan fingerprint density at radius 1 is 1.12 bits per heavy atom. The zero-order chi connectivity index (χ0) is 18.6. The summed E-state index contributed by atoms with van der Waals surface area (Å²) in [5.41, 5.74) is 1.65. The fraction of sp³-hybridized carbons (Fsp3) is 0.176. The van der Waals surface area contributed by atoms with Crippen LogP contribution in [0.25, 0.3) is 0 Å². The van der Waals surface area contributed by atoms with Crippen molar-refractivity contribution < 1.29 is 27.7 Å². The van der Waals surface area contributed by atoms with Crippen LogP contribution < -0.4 is 5.32 Å². The van der Waals surface area contributed by atoms with E-state index in [-0.39, 0.29) is 12.0 Å². The van der Waals surface area contributed by atoms with E-state index in [2.05, 4.69) is 5.32 Å². The van der Waals surface area contributed by atoms with E-state index in [1.54, 1.807) is 12.1 Å². The van der Waals surface area contributed by atoms with Crippen LogP contribution in [0.3, 0.4) is 0 Å². The molecule has 0 heterocycles. The first-order valence-corrected chi connectivity index (χ1v) is 8.77. The topological polar surface area (TPSA) is 121 Å². The van der Waals surface area contributed by atoms with E-state index in [0.717, 1.165) is 23.3 Å². The van der Waals surface area contributed by atoms with E-state index in [1.165, 1.54) is 12.1 Å². The SMILES string of the molecule is Cc1cccc(C[C@H](NC(=O)c2cccc(S(=O)(=O)O)c2)C(=O)O)c1. The number of hydrogen-bond acceptors (Lipinski definition) is 4. The maximum Gasteiger partial charge on any atom is 0.326 e. The fourth-order valence-corrected chi connectivity index (χ4v) is 2.84. The lowest BCUT2D eigenvalue weighted by molar-refractivity contribution is -0.139. The van der Waals surface area contributed by atoms with Gasteiger partial charge in [-0.25, -0.2) is 4.79 Å². The van der Waals surface area contributed by atoms with Crippen molar-refractivity contribution >= 4 is 22.0 Å². The summed E-state index contributed by atoms with van der Waals surface area (Å²) < 4.78 is 31.3. The van der Waals surface area contributed by atoms with Gasteiger partial charge in [0.25, 0.3) is 16.0 Å². The highest BCUT2D eigenvalue weighted by molar-refractivity contribution is 7.85. The monoisotopic (exact) mass is 363 g/mol. The molecule has 2 rings (SSSR count). The highest BCUT2D eigenvalue weighted by Gasteiger charge is 2.22. The first-order valence-electron chi connectivity index (χ1n) is 7.33. The minimum Gasteiger partial charge on any atom is -0.480 e. The molecule has 8 heteroatoms. The molecule has 0 bridgehead atoms. The third-order valence-electron chi connectivity index (χ3n) is 3.52. The molecular weight excluding hydrogens is 346 g/mol. The van der Waals surface area contributed by atoms with Gasteiger partial charge in [0.2, 0.25) is 0 Å². The Kier molecular flexibility index (Phi) is 5.55. The summed E-state index contributed by atoms with van der Waals surface area (Å²) >= 11 is 0. The molecule has 1 amide bonds. The van der Waals surface area contributed by atoms with Crippen molar-refractivity contribution in [2.75, 3.05) is 0 Å². The van der Waals surface area contributed by atoms with Gasteiger partial charge in [-0.3, -0.25) is 9.35 Å². The number of amides is 1. The van der Waals surface area contributed by atoms with Crippen molar-refractivity contribution in [2.45, 2.75) is 24.3 Å². The minimum atomic E-state index is -4.45. The normalized spacial score (nSPS) is 12.4. The van der Waals surface area contributed by atoms with Crippen molar-refractivity contribution in [2.24, 2.45) is 0 Å². The Balaban J connectivity index is 2.19. The second kappa shape index (κ2) is 7.45. The van der Waals surface area contributed by atoms with Gasteiger partial charge in [0.1, 0.15) is 6.04 Å². The Bertz CT molecular complexity index is 907. The van der Waals surface area contributed by atoms with Crippen molar-refractivity contribution in [3.05, 3.63) is 65.2 Å². The maximum absolute atomic E-state index is 12.2. The zero-order valence-electron chi connectivity index (χ0n) is 13.3. The average molecular weight is 363 g/mol. The van der Waals surface area contributed by atoms with Gasteiger partial charge in [-0.1, -0.05) is 35.9 Å². The quantitative estimate of drug-likeness (QED) is 0.671. The van der Waals surface area contributed by atoms with Crippen LogP contribution in [0.15, 0.2) is 53.4 Å². The van der Waals surface area contributed by atoms with E-state index in [4.69, 9.17) is 4.55 Å². The number of carbonyl (C=O) groups excluding carboxylic acids is 1.